The third-order valence-electron chi connectivity index (χ3n) is 4.19. The normalized spacial score (nSPS) is 15.1. The van der Waals surface area contributed by atoms with E-state index in [1.165, 1.54) is 0 Å². The molecule has 0 bridgehead atoms. The fraction of sp³-hybridized carbons (Fsp3) is 0.0500. The van der Waals surface area contributed by atoms with Gasteiger partial charge < -0.3 is 4.74 Å². The molecule has 0 fully saturated rings. The van der Waals surface area contributed by atoms with Crippen molar-refractivity contribution in [3.63, 3.8) is 0 Å². The summed E-state index contributed by atoms with van der Waals surface area (Å²) in [6.45, 7) is 0. The number of halogens is 1. The van der Waals surface area contributed by atoms with Gasteiger partial charge in [0.1, 0.15) is 0 Å². The van der Waals surface area contributed by atoms with Crippen LogP contribution in [0.4, 0.5) is 0 Å². The van der Waals surface area contributed by atoms with Crippen molar-refractivity contribution in [2.45, 2.75) is 5.60 Å². The Morgan fingerprint density at radius 2 is 1.35 bits per heavy atom. The first-order chi connectivity index (χ1) is 11.2. The van der Waals surface area contributed by atoms with E-state index < -0.39 is 5.60 Å². The molecular weight excluding hydrogens is 308 g/mol. The van der Waals surface area contributed by atoms with E-state index in [0.717, 1.165) is 16.7 Å². The molecule has 0 radical (unpaired) electrons. The molecule has 3 aromatic rings. The number of carbonyl (C=O) groups excluding carboxylic acids is 1. The SMILES string of the molecule is O=C1OC(c2ccccc2)(c2ccccc2)c2cc(Cl)ccc21. The van der Waals surface area contributed by atoms with Crippen LogP contribution in [-0.2, 0) is 10.3 Å². The van der Waals surface area contributed by atoms with E-state index in [1.54, 1.807) is 12.1 Å². The van der Waals surface area contributed by atoms with Crippen molar-refractivity contribution in [2.75, 3.05) is 0 Å². The monoisotopic (exact) mass is 320 g/mol. The molecule has 0 atom stereocenters. The molecule has 0 spiro atoms. The summed E-state index contributed by atoms with van der Waals surface area (Å²) in [5, 5.41) is 0.582. The van der Waals surface area contributed by atoms with Gasteiger partial charge in [-0.2, -0.15) is 0 Å². The van der Waals surface area contributed by atoms with Crippen LogP contribution in [0.3, 0.4) is 0 Å². The van der Waals surface area contributed by atoms with Gasteiger partial charge in [0.15, 0.2) is 5.60 Å². The van der Waals surface area contributed by atoms with Crippen molar-refractivity contribution in [3.8, 4) is 0 Å². The number of carbonyl (C=O) groups is 1. The summed E-state index contributed by atoms with van der Waals surface area (Å²) in [4.78, 5) is 12.5. The highest BCUT2D eigenvalue weighted by molar-refractivity contribution is 6.30. The van der Waals surface area contributed by atoms with Crippen LogP contribution < -0.4 is 0 Å². The molecule has 1 aliphatic heterocycles. The second-order valence-electron chi connectivity index (χ2n) is 5.49. The van der Waals surface area contributed by atoms with Crippen molar-refractivity contribution < 1.29 is 9.53 Å². The number of benzene rings is 3. The number of fused-ring (bicyclic) bond motifs is 1. The molecule has 2 nitrogen and oxygen atoms in total. The van der Waals surface area contributed by atoms with E-state index in [9.17, 15) is 4.79 Å². The minimum atomic E-state index is -0.958. The summed E-state index contributed by atoms with van der Waals surface area (Å²) in [6, 6.07) is 24.8. The van der Waals surface area contributed by atoms with E-state index in [1.807, 2.05) is 66.7 Å². The zero-order chi connectivity index (χ0) is 15.9. The van der Waals surface area contributed by atoms with Crippen LogP contribution in [0.15, 0.2) is 78.9 Å². The molecule has 112 valence electrons. The number of rotatable bonds is 2. The van der Waals surface area contributed by atoms with Crippen LogP contribution >= 0.6 is 11.6 Å². The Hall–Kier alpha value is -2.58. The smallest absolute Gasteiger partial charge is 0.340 e. The lowest BCUT2D eigenvalue weighted by Crippen LogP contribution is -2.29. The molecular formula is C20H13ClO2. The van der Waals surface area contributed by atoms with Crippen LogP contribution in [0, 0.1) is 0 Å². The van der Waals surface area contributed by atoms with E-state index in [4.69, 9.17) is 16.3 Å². The van der Waals surface area contributed by atoms with Crippen molar-refractivity contribution in [3.05, 3.63) is 106 Å². The predicted molar refractivity (Wildman–Crippen MR) is 89.6 cm³/mol. The first kappa shape index (κ1) is 14.0. The van der Waals surface area contributed by atoms with Gasteiger partial charge in [0.25, 0.3) is 0 Å². The van der Waals surface area contributed by atoms with Crippen molar-refractivity contribution >= 4 is 17.6 Å². The molecule has 3 aromatic carbocycles. The quantitative estimate of drug-likeness (QED) is 0.634. The number of ether oxygens (including phenoxy) is 1. The zero-order valence-corrected chi connectivity index (χ0v) is 13.0. The third-order valence-corrected chi connectivity index (χ3v) is 4.42. The van der Waals surface area contributed by atoms with Crippen LogP contribution in [-0.4, -0.2) is 5.97 Å². The Balaban J connectivity index is 2.08. The van der Waals surface area contributed by atoms with Crippen LogP contribution in [0.25, 0.3) is 0 Å². The molecule has 0 aliphatic carbocycles. The summed E-state index contributed by atoms with van der Waals surface area (Å²) in [6.07, 6.45) is 0. The van der Waals surface area contributed by atoms with Gasteiger partial charge in [0.05, 0.1) is 5.56 Å². The van der Waals surface area contributed by atoms with E-state index in [2.05, 4.69) is 0 Å². The Morgan fingerprint density at radius 3 is 1.91 bits per heavy atom. The number of esters is 1. The van der Waals surface area contributed by atoms with Gasteiger partial charge >= 0.3 is 5.97 Å². The minimum Gasteiger partial charge on any atom is -0.441 e. The average Bonchev–Trinajstić information content (AvgIpc) is 2.90. The fourth-order valence-electron chi connectivity index (χ4n) is 3.18. The number of cyclic esters (lactones) is 1. The van der Waals surface area contributed by atoms with Crippen LogP contribution in [0.5, 0.6) is 0 Å². The zero-order valence-electron chi connectivity index (χ0n) is 12.2. The molecule has 4 rings (SSSR count). The molecule has 3 heteroatoms. The second kappa shape index (κ2) is 5.25. The number of hydrogen-bond acceptors (Lipinski definition) is 2. The maximum absolute atomic E-state index is 12.5. The highest BCUT2D eigenvalue weighted by Crippen LogP contribution is 2.47. The molecule has 0 unspecified atom stereocenters. The molecule has 1 aliphatic rings. The highest BCUT2D eigenvalue weighted by Gasteiger charge is 2.48. The van der Waals surface area contributed by atoms with Crippen molar-refractivity contribution in [1.82, 2.24) is 0 Å². The van der Waals surface area contributed by atoms with Gasteiger partial charge in [0.2, 0.25) is 0 Å². The molecule has 0 amide bonds. The van der Waals surface area contributed by atoms with E-state index in [0.29, 0.717) is 10.6 Å². The fourth-order valence-corrected chi connectivity index (χ4v) is 3.35. The maximum Gasteiger partial charge on any atom is 0.340 e. The minimum absolute atomic E-state index is 0.329. The van der Waals surface area contributed by atoms with E-state index >= 15 is 0 Å². The largest absolute Gasteiger partial charge is 0.441 e. The molecule has 23 heavy (non-hydrogen) atoms. The summed E-state index contributed by atoms with van der Waals surface area (Å²) >= 11 is 6.21. The first-order valence-electron chi connectivity index (χ1n) is 7.36. The molecule has 0 N–H and O–H groups in total. The summed E-state index contributed by atoms with van der Waals surface area (Å²) < 4.78 is 5.95. The van der Waals surface area contributed by atoms with Gasteiger partial charge in [-0.3, -0.25) is 0 Å². The second-order valence-corrected chi connectivity index (χ2v) is 5.93. The average molecular weight is 321 g/mol. The number of hydrogen-bond donors (Lipinski definition) is 0. The summed E-state index contributed by atoms with van der Waals surface area (Å²) in [5.74, 6) is -0.329. The lowest BCUT2D eigenvalue weighted by molar-refractivity contribution is 0.0251. The molecule has 0 saturated carbocycles. The van der Waals surface area contributed by atoms with Gasteiger partial charge in [-0.25, -0.2) is 4.79 Å². The van der Waals surface area contributed by atoms with Gasteiger partial charge in [-0.05, 0) is 18.2 Å². The molecule has 0 saturated heterocycles. The van der Waals surface area contributed by atoms with Gasteiger partial charge in [-0.15, -0.1) is 0 Å². The van der Waals surface area contributed by atoms with Gasteiger partial charge in [-0.1, -0.05) is 72.3 Å². The molecule has 1 heterocycles. The molecule has 0 aromatic heterocycles. The van der Waals surface area contributed by atoms with Crippen molar-refractivity contribution in [2.24, 2.45) is 0 Å². The highest BCUT2D eigenvalue weighted by atomic mass is 35.5. The predicted octanol–water partition coefficient (Wildman–Crippen LogP) is 4.80. The van der Waals surface area contributed by atoms with Crippen molar-refractivity contribution in [1.29, 1.82) is 0 Å². The topological polar surface area (TPSA) is 26.3 Å². The summed E-state index contributed by atoms with van der Waals surface area (Å²) in [5.41, 5.74) is 2.19. The maximum atomic E-state index is 12.5. The lowest BCUT2D eigenvalue weighted by Gasteiger charge is -2.30. The Bertz CT molecular complexity index is 833. The van der Waals surface area contributed by atoms with E-state index in [-0.39, 0.29) is 5.97 Å². The van der Waals surface area contributed by atoms with Gasteiger partial charge in [0, 0.05) is 21.7 Å². The Kier molecular flexibility index (Phi) is 3.21. The Labute approximate surface area is 139 Å². The lowest BCUT2D eigenvalue weighted by atomic mass is 9.80. The van der Waals surface area contributed by atoms with Crippen LogP contribution in [0.2, 0.25) is 5.02 Å². The van der Waals surface area contributed by atoms with Crippen LogP contribution in [0.1, 0.15) is 27.0 Å². The standard InChI is InChI=1S/C20H13ClO2/c21-16-11-12-17-18(13-16)20(23-19(17)22,14-7-3-1-4-8-14)15-9-5-2-6-10-15/h1-13H. The third kappa shape index (κ3) is 2.07. The Morgan fingerprint density at radius 1 is 0.783 bits per heavy atom. The first-order valence-corrected chi connectivity index (χ1v) is 7.74. The summed E-state index contributed by atoms with van der Waals surface area (Å²) in [7, 11) is 0.